The standard InChI is InChI=1S/C11H11N3O2/c12-5-8-1-2-13-10(3-8)14-6-9(7-14)4-11(15)16/h1-3,9H,4,6-7H2,(H,15,16). The summed E-state index contributed by atoms with van der Waals surface area (Å²) in [6, 6.07) is 5.42. The molecule has 2 heterocycles. The van der Waals surface area contributed by atoms with Crippen molar-refractivity contribution in [2.24, 2.45) is 5.92 Å². The van der Waals surface area contributed by atoms with E-state index in [-0.39, 0.29) is 12.3 Å². The molecule has 5 heteroatoms. The number of hydrogen-bond acceptors (Lipinski definition) is 4. The van der Waals surface area contributed by atoms with Gasteiger partial charge in [-0.25, -0.2) is 4.98 Å². The summed E-state index contributed by atoms with van der Waals surface area (Å²) in [5.41, 5.74) is 0.576. The maximum atomic E-state index is 10.5. The van der Waals surface area contributed by atoms with Crippen molar-refractivity contribution in [1.82, 2.24) is 4.98 Å². The maximum absolute atomic E-state index is 10.5. The number of pyridine rings is 1. The number of nitrogens with zero attached hydrogens (tertiary/aromatic N) is 3. The average molecular weight is 217 g/mol. The van der Waals surface area contributed by atoms with Gasteiger partial charge in [0, 0.05) is 25.2 Å². The third kappa shape index (κ3) is 2.11. The zero-order valence-electron chi connectivity index (χ0n) is 8.63. The Morgan fingerprint density at radius 1 is 1.69 bits per heavy atom. The van der Waals surface area contributed by atoms with Crippen LogP contribution in [-0.4, -0.2) is 29.1 Å². The summed E-state index contributed by atoms with van der Waals surface area (Å²) in [5.74, 6) is 0.189. The third-order valence-corrected chi connectivity index (χ3v) is 2.62. The minimum absolute atomic E-state index is 0.199. The number of carboxylic acids is 1. The molecule has 16 heavy (non-hydrogen) atoms. The van der Waals surface area contributed by atoms with Crippen LogP contribution in [0.1, 0.15) is 12.0 Å². The van der Waals surface area contributed by atoms with E-state index < -0.39 is 5.97 Å². The van der Waals surface area contributed by atoms with Crippen molar-refractivity contribution in [3.05, 3.63) is 23.9 Å². The lowest BCUT2D eigenvalue weighted by atomic mass is 9.96. The van der Waals surface area contributed by atoms with Gasteiger partial charge in [0.15, 0.2) is 0 Å². The second kappa shape index (κ2) is 4.19. The molecular weight excluding hydrogens is 206 g/mol. The van der Waals surface area contributed by atoms with Gasteiger partial charge in [0.25, 0.3) is 0 Å². The summed E-state index contributed by atoms with van der Waals surface area (Å²) in [5, 5.41) is 17.3. The molecule has 1 saturated heterocycles. The Bertz CT molecular complexity index is 447. The molecule has 1 aliphatic heterocycles. The van der Waals surface area contributed by atoms with Gasteiger partial charge < -0.3 is 10.0 Å². The van der Waals surface area contributed by atoms with Gasteiger partial charge in [-0.2, -0.15) is 5.26 Å². The van der Waals surface area contributed by atoms with Crippen LogP contribution in [0.5, 0.6) is 0 Å². The number of aliphatic carboxylic acids is 1. The lowest BCUT2D eigenvalue weighted by molar-refractivity contribution is -0.138. The van der Waals surface area contributed by atoms with Crippen LogP contribution in [0.25, 0.3) is 0 Å². The predicted octanol–water partition coefficient (Wildman–Crippen LogP) is 0.864. The minimum Gasteiger partial charge on any atom is -0.481 e. The summed E-state index contributed by atoms with van der Waals surface area (Å²) in [6.07, 6.45) is 1.80. The van der Waals surface area contributed by atoms with Gasteiger partial charge in [0.2, 0.25) is 0 Å². The van der Waals surface area contributed by atoms with Crippen molar-refractivity contribution < 1.29 is 9.90 Å². The summed E-state index contributed by atoms with van der Waals surface area (Å²) in [7, 11) is 0. The molecule has 2 rings (SSSR count). The van der Waals surface area contributed by atoms with E-state index in [0.717, 1.165) is 5.82 Å². The molecule has 0 atom stereocenters. The highest BCUT2D eigenvalue weighted by atomic mass is 16.4. The Kier molecular flexibility index (Phi) is 2.73. The summed E-state index contributed by atoms with van der Waals surface area (Å²) in [4.78, 5) is 16.6. The monoisotopic (exact) mass is 217 g/mol. The first-order chi connectivity index (χ1) is 7.69. The van der Waals surface area contributed by atoms with Gasteiger partial charge in [0.1, 0.15) is 5.82 Å². The van der Waals surface area contributed by atoms with Crippen LogP contribution >= 0.6 is 0 Å². The number of hydrogen-bond donors (Lipinski definition) is 1. The Balaban J connectivity index is 1.96. The number of aromatic nitrogens is 1. The number of nitriles is 1. The zero-order valence-corrected chi connectivity index (χ0v) is 8.63. The van der Waals surface area contributed by atoms with Crippen LogP contribution in [-0.2, 0) is 4.79 Å². The third-order valence-electron chi connectivity index (χ3n) is 2.62. The topological polar surface area (TPSA) is 77.2 Å². The van der Waals surface area contributed by atoms with Crippen LogP contribution in [0, 0.1) is 17.2 Å². The lowest BCUT2D eigenvalue weighted by Gasteiger charge is -2.39. The van der Waals surface area contributed by atoms with Crippen LogP contribution in [0.3, 0.4) is 0 Å². The molecule has 0 radical (unpaired) electrons. The average Bonchev–Trinajstić information content (AvgIpc) is 2.22. The van der Waals surface area contributed by atoms with Crippen LogP contribution in [0.15, 0.2) is 18.3 Å². The largest absolute Gasteiger partial charge is 0.481 e. The smallest absolute Gasteiger partial charge is 0.303 e. The van der Waals surface area contributed by atoms with Crippen LogP contribution in [0.4, 0.5) is 5.82 Å². The molecule has 0 bridgehead atoms. The number of carboxylic acid groups (broad SMARTS) is 1. The van der Waals surface area contributed by atoms with Crippen LogP contribution < -0.4 is 4.90 Å². The molecule has 1 aromatic heterocycles. The van der Waals surface area contributed by atoms with E-state index in [4.69, 9.17) is 10.4 Å². The highest BCUT2D eigenvalue weighted by Gasteiger charge is 2.29. The number of rotatable bonds is 3. The van der Waals surface area contributed by atoms with Gasteiger partial charge in [0.05, 0.1) is 18.1 Å². The highest BCUT2D eigenvalue weighted by Crippen LogP contribution is 2.25. The molecule has 0 unspecified atom stereocenters. The maximum Gasteiger partial charge on any atom is 0.303 e. The van der Waals surface area contributed by atoms with Crippen LogP contribution in [0.2, 0.25) is 0 Å². The Morgan fingerprint density at radius 3 is 3.06 bits per heavy atom. The van der Waals surface area contributed by atoms with Gasteiger partial charge in [-0.1, -0.05) is 0 Å². The summed E-state index contributed by atoms with van der Waals surface area (Å²) in [6.45, 7) is 1.41. The van der Waals surface area contributed by atoms with Crippen molar-refractivity contribution in [1.29, 1.82) is 5.26 Å². The number of carbonyl (C=O) groups is 1. The molecule has 1 aromatic rings. The quantitative estimate of drug-likeness (QED) is 0.812. The molecule has 1 N–H and O–H groups in total. The Morgan fingerprint density at radius 2 is 2.44 bits per heavy atom. The first-order valence-electron chi connectivity index (χ1n) is 5.02. The Hall–Kier alpha value is -2.09. The number of anilines is 1. The second-order valence-electron chi connectivity index (χ2n) is 3.88. The molecule has 0 amide bonds. The van der Waals surface area contributed by atoms with Crippen molar-refractivity contribution >= 4 is 11.8 Å². The SMILES string of the molecule is N#Cc1ccnc(N2CC(CC(=O)O)C2)c1. The molecular formula is C11H11N3O2. The van der Waals surface area contributed by atoms with E-state index in [1.165, 1.54) is 0 Å². The molecule has 0 saturated carbocycles. The fourth-order valence-corrected chi connectivity index (χ4v) is 1.79. The van der Waals surface area contributed by atoms with Gasteiger partial charge in [-0.05, 0) is 12.1 Å². The fraction of sp³-hybridized carbons (Fsp3) is 0.364. The van der Waals surface area contributed by atoms with E-state index >= 15 is 0 Å². The van der Waals surface area contributed by atoms with Crippen molar-refractivity contribution in [3.8, 4) is 6.07 Å². The first kappa shape index (κ1) is 10.4. The van der Waals surface area contributed by atoms with E-state index in [1.807, 2.05) is 4.90 Å². The summed E-state index contributed by atoms with van der Waals surface area (Å²) < 4.78 is 0. The van der Waals surface area contributed by atoms with E-state index in [0.29, 0.717) is 18.7 Å². The second-order valence-corrected chi connectivity index (χ2v) is 3.88. The van der Waals surface area contributed by atoms with Gasteiger partial charge in [-0.15, -0.1) is 0 Å². The zero-order chi connectivity index (χ0) is 11.5. The van der Waals surface area contributed by atoms with Gasteiger partial charge in [-0.3, -0.25) is 4.79 Å². The molecule has 1 aliphatic rings. The Labute approximate surface area is 92.9 Å². The highest BCUT2D eigenvalue weighted by molar-refractivity contribution is 5.67. The van der Waals surface area contributed by atoms with Crippen molar-refractivity contribution in [3.63, 3.8) is 0 Å². The van der Waals surface area contributed by atoms with Crippen molar-refractivity contribution in [2.75, 3.05) is 18.0 Å². The molecule has 0 aliphatic carbocycles. The predicted molar refractivity (Wildman–Crippen MR) is 56.9 cm³/mol. The summed E-state index contributed by atoms with van der Waals surface area (Å²) >= 11 is 0. The molecule has 5 nitrogen and oxygen atoms in total. The van der Waals surface area contributed by atoms with E-state index in [2.05, 4.69) is 11.1 Å². The first-order valence-corrected chi connectivity index (χ1v) is 5.02. The molecule has 1 fully saturated rings. The van der Waals surface area contributed by atoms with E-state index in [9.17, 15) is 4.79 Å². The molecule has 0 spiro atoms. The molecule has 82 valence electrons. The van der Waals surface area contributed by atoms with Gasteiger partial charge >= 0.3 is 5.97 Å². The van der Waals surface area contributed by atoms with E-state index in [1.54, 1.807) is 18.3 Å². The van der Waals surface area contributed by atoms with Crippen molar-refractivity contribution in [2.45, 2.75) is 6.42 Å². The minimum atomic E-state index is -0.761. The molecule has 0 aromatic carbocycles. The fourth-order valence-electron chi connectivity index (χ4n) is 1.79. The lowest BCUT2D eigenvalue weighted by Crippen LogP contribution is -2.48. The normalized spacial score (nSPS) is 15.3.